The van der Waals surface area contributed by atoms with Crippen LogP contribution in [0.25, 0.3) is 0 Å². The third-order valence-corrected chi connectivity index (χ3v) is 7.96. The quantitative estimate of drug-likeness (QED) is 0.395. The number of aromatic nitrogens is 1. The zero-order valence-corrected chi connectivity index (χ0v) is 23.7. The molecule has 3 aromatic rings. The van der Waals surface area contributed by atoms with E-state index in [0.717, 1.165) is 12.8 Å². The third kappa shape index (κ3) is 6.53. The van der Waals surface area contributed by atoms with Gasteiger partial charge in [0.15, 0.2) is 0 Å². The van der Waals surface area contributed by atoms with Crippen LogP contribution in [0, 0.1) is 18.7 Å². The smallest absolute Gasteiger partial charge is 0.387 e. The molecular formula is C31H32F3N3O6. The van der Waals surface area contributed by atoms with Crippen molar-refractivity contribution in [1.29, 1.82) is 0 Å². The first-order valence-corrected chi connectivity index (χ1v) is 13.9. The van der Waals surface area contributed by atoms with Crippen molar-refractivity contribution in [2.24, 2.45) is 5.92 Å². The van der Waals surface area contributed by atoms with Gasteiger partial charge in [0.05, 0.1) is 7.11 Å². The molecule has 0 spiro atoms. The van der Waals surface area contributed by atoms with Crippen LogP contribution < -0.4 is 25.2 Å². The average Bonchev–Trinajstić information content (AvgIpc) is 3.30. The molecule has 3 heterocycles. The second kappa shape index (κ2) is 12.9. The summed E-state index contributed by atoms with van der Waals surface area (Å²) in [5, 5.41) is 2.69. The lowest BCUT2D eigenvalue weighted by molar-refractivity contribution is -0.118. The van der Waals surface area contributed by atoms with Gasteiger partial charge in [-0.1, -0.05) is 6.07 Å². The van der Waals surface area contributed by atoms with Crippen molar-refractivity contribution < 1.29 is 37.0 Å². The van der Waals surface area contributed by atoms with E-state index in [-0.39, 0.29) is 46.3 Å². The molecule has 0 radical (unpaired) electrons. The SMILES string of the molecule is COc1ccc([C@@H]2CN(c3c(C)ccn(CC4CCOCC4)c3=O)C(=O)[C@H]2NC(=O)c2ccc(OC(F)F)cc2)c(F)c1. The lowest BCUT2D eigenvalue weighted by Gasteiger charge is -2.24. The van der Waals surface area contributed by atoms with Crippen LogP contribution in [0.3, 0.4) is 0 Å². The summed E-state index contributed by atoms with van der Waals surface area (Å²) in [7, 11) is 1.40. The fourth-order valence-corrected chi connectivity index (χ4v) is 5.65. The zero-order chi connectivity index (χ0) is 30.7. The highest BCUT2D eigenvalue weighted by molar-refractivity contribution is 6.05. The van der Waals surface area contributed by atoms with Crippen LogP contribution in [0.2, 0.25) is 0 Å². The molecule has 2 atom stereocenters. The van der Waals surface area contributed by atoms with E-state index in [1.807, 2.05) is 0 Å². The molecule has 2 fully saturated rings. The largest absolute Gasteiger partial charge is 0.497 e. The van der Waals surface area contributed by atoms with Crippen molar-refractivity contribution in [2.45, 2.75) is 44.9 Å². The summed E-state index contributed by atoms with van der Waals surface area (Å²) in [6, 6.07) is 9.76. The predicted octanol–water partition coefficient (Wildman–Crippen LogP) is 4.26. The van der Waals surface area contributed by atoms with Gasteiger partial charge in [-0.05, 0) is 73.2 Å². The predicted molar refractivity (Wildman–Crippen MR) is 151 cm³/mol. The Morgan fingerprint density at radius 1 is 1.07 bits per heavy atom. The van der Waals surface area contributed by atoms with Crippen molar-refractivity contribution in [2.75, 3.05) is 31.8 Å². The molecule has 0 unspecified atom stereocenters. The van der Waals surface area contributed by atoms with Crippen LogP contribution in [0.4, 0.5) is 18.9 Å². The summed E-state index contributed by atoms with van der Waals surface area (Å²) in [6.07, 6.45) is 3.35. The maximum atomic E-state index is 15.3. The molecule has 5 rings (SSSR count). The first-order chi connectivity index (χ1) is 20.7. The standard InChI is InChI=1S/C31H32F3N3O6/c1-18-9-12-36(16-19-10-13-42-14-11-19)30(40)27(18)37-17-24(23-8-7-22(41-2)15-25(23)32)26(29(37)39)35-28(38)20-3-5-21(6-4-20)43-31(33)34/h3-9,12,15,19,24,26,31H,10-11,13-14,16-17H2,1-2H3,(H,35,38)/t24-,26-/m0/s1. The molecule has 0 saturated carbocycles. The normalized spacial score (nSPS) is 19.1. The number of amides is 2. The second-order valence-corrected chi connectivity index (χ2v) is 10.7. The molecule has 2 aromatic carbocycles. The highest BCUT2D eigenvalue weighted by Crippen LogP contribution is 2.35. The van der Waals surface area contributed by atoms with Gasteiger partial charge < -0.3 is 29.0 Å². The third-order valence-electron chi connectivity index (χ3n) is 7.96. The Hall–Kier alpha value is -4.32. The molecule has 2 aliphatic heterocycles. The number of benzene rings is 2. The molecular weight excluding hydrogens is 567 g/mol. The summed E-state index contributed by atoms with van der Waals surface area (Å²) >= 11 is 0. The molecule has 2 saturated heterocycles. The number of hydrogen-bond donors (Lipinski definition) is 1. The number of ether oxygens (including phenoxy) is 3. The van der Waals surface area contributed by atoms with E-state index in [2.05, 4.69) is 10.1 Å². The van der Waals surface area contributed by atoms with Gasteiger partial charge >= 0.3 is 6.61 Å². The van der Waals surface area contributed by atoms with E-state index in [1.54, 1.807) is 29.8 Å². The number of pyridine rings is 1. The van der Waals surface area contributed by atoms with Crippen molar-refractivity contribution >= 4 is 17.5 Å². The Morgan fingerprint density at radius 3 is 2.42 bits per heavy atom. The summed E-state index contributed by atoms with van der Waals surface area (Å²) in [6.45, 7) is 0.360. The van der Waals surface area contributed by atoms with Gasteiger partial charge in [0.2, 0.25) is 5.91 Å². The minimum absolute atomic E-state index is 0.0639. The second-order valence-electron chi connectivity index (χ2n) is 10.7. The number of halogens is 3. The molecule has 2 aliphatic rings. The van der Waals surface area contributed by atoms with E-state index in [1.165, 1.54) is 48.4 Å². The minimum atomic E-state index is -3.02. The number of rotatable bonds is 9. The molecule has 228 valence electrons. The Bertz CT molecular complexity index is 1540. The summed E-state index contributed by atoms with van der Waals surface area (Å²) in [5.41, 5.74) is 0.631. The fourth-order valence-electron chi connectivity index (χ4n) is 5.65. The van der Waals surface area contributed by atoms with Crippen LogP contribution in [0.5, 0.6) is 11.5 Å². The lowest BCUT2D eigenvalue weighted by atomic mass is 9.93. The van der Waals surface area contributed by atoms with Crippen molar-refractivity contribution in [3.63, 3.8) is 0 Å². The van der Waals surface area contributed by atoms with Gasteiger partial charge in [-0.15, -0.1) is 0 Å². The van der Waals surface area contributed by atoms with E-state index in [4.69, 9.17) is 9.47 Å². The molecule has 2 amide bonds. The van der Waals surface area contributed by atoms with Crippen LogP contribution >= 0.6 is 0 Å². The van der Waals surface area contributed by atoms with Gasteiger partial charge in [-0.25, -0.2) is 4.39 Å². The van der Waals surface area contributed by atoms with E-state index >= 15 is 4.39 Å². The number of alkyl halides is 2. The lowest BCUT2D eigenvalue weighted by Crippen LogP contribution is -2.44. The Labute approximate surface area is 246 Å². The Morgan fingerprint density at radius 2 is 1.77 bits per heavy atom. The number of nitrogens with one attached hydrogen (secondary N) is 1. The Balaban J connectivity index is 1.47. The van der Waals surface area contributed by atoms with Crippen LogP contribution in [0.1, 0.15) is 40.2 Å². The minimum Gasteiger partial charge on any atom is -0.497 e. The number of carbonyl (C=O) groups is 2. The van der Waals surface area contributed by atoms with Gasteiger partial charge in [0.1, 0.15) is 29.0 Å². The van der Waals surface area contributed by atoms with Crippen molar-refractivity contribution in [3.8, 4) is 11.5 Å². The van der Waals surface area contributed by atoms with Gasteiger partial charge in [-0.2, -0.15) is 8.78 Å². The number of methoxy groups -OCH3 is 1. The molecule has 1 aromatic heterocycles. The molecule has 0 bridgehead atoms. The summed E-state index contributed by atoms with van der Waals surface area (Å²) < 4.78 is 56.9. The zero-order valence-electron chi connectivity index (χ0n) is 23.7. The van der Waals surface area contributed by atoms with Crippen molar-refractivity contribution in [3.05, 3.63) is 87.6 Å². The summed E-state index contributed by atoms with van der Waals surface area (Å²) in [4.78, 5) is 42.3. The van der Waals surface area contributed by atoms with Crippen molar-refractivity contribution in [1.82, 2.24) is 9.88 Å². The topological polar surface area (TPSA) is 99.1 Å². The van der Waals surface area contributed by atoms with Gasteiger partial charge in [0.25, 0.3) is 11.5 Å². The molecule has 1 N–H and O–H groups in total. The van der Waals surface area contributed by atoms with Crippen LogP contribution in [-0.2, 0) is 16.1 Å². The highest BCUT2D eigenvalue weighted by atomic mass is 19.3. The van der Waals surface area contributed by atoms with E-state index in [0.29, 0.717) is 25.3 Å². The first-order valence-electron chi connectivity index (χ1n) is 13.9. The molecule has 12 heteroatoms. The molecule has 0 aliphatic carbocycles. The number of aryl methyl sites for hydroxylation is 1. The number of nitrogens with zero attached hydrogens (tertiary/aromatic N) is 2. The maximum absolute atomic E-state index is 15.3. The Kier molecular flexibility index (Phi) is 9.05. The van der Waals surface area contributed by atoms with Crippen LogP contribution in [0.15, 0.2) is 59.5 Å². The number of hydrogen-bond acceptors (Lipinski definition) is 6. The molecule has 43 heavy (non-hydrogen) atoms. The van der Waals surface area contributed by atoms with Gasteiger partial charge in [-0.3, -0.25) is 14.4 Å². The number of carbonyl (C=O) groups excluding carboxylic acids is 2. The van der Waals surface area contributed by atoms with Gasteiger partial charge in [0, 0.05) is 50.0 Å². The van der Waals surface area contributed by atoms with E-state index < -0.39 is 36.2 Å². The van der Waals surface area contributed by atoms with Crippen LogP contribution in [-0.4, -0.2) is 55.9 Å². The fraction of sp³-hybridized carbons (Fsp3) is 0.387. The highest BCUT2D eigenvalue weighted by Gasteiger charge is 2.45. The number of anilines is 1. The molecule has 9 nitrogen and oxygen atoms in total. The maximum Gasteiger partial charge on any atom is 0.387 e. The monoisotopic (exact) mass is 599 g/mol. The van der Waals surface area contributed by atoms with E-state index in [9.17, 15) is 23.2 Å². The first kappa shape index (κ1) is 30.1. The average molecular weight is 600 g/mol. The summed E-state index contributed by atoms with van der Waals surface area (Å²) in [5.74, 6) is -2.34.